The lowest BCUT2D eigenvalue weighted by molar-refractivity contribution is -0.133. The van der Waals surface area contributed by atoms with Crippen molar-refractivity contribution >= 4 is 17.7 Å². The quantitative estimate of drug-likeness (QED) is 0.780. The maximum atomic E-state index is 12.9. The van der Waals surface area contributed by atoms with Crippen LogP contribution in [0.4, 0.5) is 10.5 Å². The van der Waals surface area contributed by atoms with Gasteiger partial charge in [-0.1, -0.05) is 6.92 Å². The number of fused-ring (bicyclic) bond motifs is 1. The molecular weight excluding hydrogens is 370 g/mol. The van der Waals surface area contributed by atoms with Crippen LogP contribution >= 0.6 is 0 Å². The third kappa shape index (κ3) is 6.27. The van der Waals surface area contributed by atoms with Gasteiger partial charge < -0.3 is 25.0 Å². The fourth-order valence-electron chi connectivity index (χ4n) is 3.33. The summed E-state index contributed by atoms with van der Waals surface area (Å²) in [4.78, 5) is 28.8. The van der Waals surface area contributed by atoms with Crippen LogP contribution in [-0.2, 0) is 16.0 Å². The van der Waals surface area contributed by atoms with Gasteiger partial charge in [0.1, 0.15) is 17.5 Å². The van der Waals surface area contributed by atoms with Crippen LogP contribution in [-0.4, -0.2) is 59.7 Å². The first kappa shape index (κ1) is 22.8. The third-order valence-electron chi connectivity index (χ3n) is 4.93. The molecule has 29 heavy (non-hydrogen) atoms. The first-order chi connectivity index (χ1) is 13.4. The second-order valence-electron chi connectivity index (χ2n) is 9.18. The van der Waals surface area contributed by atoms with E-state index in [1.54, 1.807) is 25.2 Å². The Morgan fingerprint density at radius 2 is 2.03 bits per heavy atom. The Morgan fingerprint density at radius 3 is 2.62 bits per heavy atom. The summed E-state index contributed by atoms with van der Waals surface area (Å²) < 4.78 is 11.8. The third-order valence-corrected chi connectivity index (χ3v) is 4.93. The number of anilines is 1. The van der Waals surface area contributed by atoms with Crippen LogP contribution in [0.3, 0.4) is 0 Å². The Balaban J connectivity index is 2.32. The molecule has 1 aromatic rings. The van der Waals surface area contributed by atoms with Crippen molar-refractivity contribution in [1.82, 2.24) is 9.80 Å². The van der Waals surface area contributed by atoms with Gasteiger partial charge in [-0.25, -0.2) is 4.79 Å². The number of ether oxygens (including phenoxy) is 2. The molecule has 1 aliphatic heterocycles. The number of nitrogens with two attached hydrogens (primary N) is 1. The normalized spacial score (nSPS) is 20.3. The minimum absolute atomic E-state index is 0.00902. The maximum absolute atomic E-state index is 12.9. The fraction of sp³-hybridized carbons (Fsp3) is 0.636. The lowest BCUT2D eigenvalue weighted by atomic mass is 10.0. The van der Waals surface area contributed by atoms with E-state index in [1.807, 2.05) is 46.4 Å². The molecule has 2 amide bonds. The number of likely N-dealkylation sites (N-methyl/N-ethyl adjacent to an activating group) is 1. The number of hydrogen-bond acceptors (Lipinski definition) is 5. The van der Waals surface area contributed by atoms with Gasteiger partial charge >= 0.3 is 6.09 Å². The molecule has 162 valence electrons. The lowest BCUT2D eigenvalue weighted by Gasteiger charge is -2.34. The van der Waals surface area contributed by atoms with Gasteiger partial charge in [-0.05, 0) is 52.8 Å². The van der Waals surface area contributed by atoms with Crippen LogP contribution in [0.25, 0.3) is 0 Å². The van der Waals surface area contributed by atoms with E-state index in [4.69, 9.17) is 15.2 Å². The Labute approximate surface area is 174 Å². The van der Waals surface area contributed by atoms with Crippen molar-refractivity contribution in [3.05, 3.63) is 23.8 Å². The minimum Gasteiger partial charge on any atom is -0.488 e. The van der Waals surface area contributed by atoms with E-state index in [0.717, 1.165) is 5.56 Å². The summed E-state index contributed by atoms with van der Waals surface area (Å²) in [5.74, 6) is 0.686. The summed E-state index contributed by atoms with van der Waals surface area (Å²) in [5, 5.41) is 0. The molecule has 0 aliphatic carbocycles. The summed E-state index contributed by atoms with van der Waals surface area (Å²) in [5.41, 5.74) is 6.73. The highest BCUT2D eigenvalue weighted by Gasteiger charge is 2.31. The highest BCUT2D eigenvalue weighted by Crippen LogP contribution is 2.28. The van der Waals surface area contributed by atoms with Crippen molar-refractivity contribution in [2.45, 2.75) is 65.7 Å². The smallest absolute Gasteiger partial charge is 0.410 e. The topological polar surface area (TPSA) is 85.1 Å². The molecule has 1 aromatic carbocycles. The summed E-state index contributed by atoms with van der Waals surface area (Å²) >= 11 is 0. The van der Waals surface area contributed by atoms with Crippen LogP contribution in [0.5, 0.6) is 5.75 Å². The van der Waals surface area contributed by atoms with Gasteiger partial charge in [0, 0.05) is 36.8 Å². The number of nitrogen functional groups attached to an aromatic ring is 1. The van der Waals surface area contributed by atoms with Crippen molar-refractivity contribution in [1.29, 1.82) is 0 Å². The van der Waals surface area contributed by atoms with E-state index in [9.17, 15) is 9.59 Å². The van der Waals surface area contributed by atoms with E-state index in [-0.39, 0.29) is 30.4 Å². The molecule has 0 spiro atoms. The van der Waals surface area contributed by atoms with Crippen LogP contribution in [0.1, 0.15) is 47.1 Å². The van der Waals surface area contributed by atoms with E-state index in [1.165, 1.54) is 4.90 Å². The van der Waals surface area contributed by atoms with Gasteiger partial charge in [-0.2, -0.15) is 0 Å². The van der Waals surface area contributed by atoms with Gasteiger partial charge in [-0.3, -0.25) is 4.79 Å². The number of benzene rings is 1. The molecule has 0 aromatic heterocycles. The molecule has 2 rings (SSSR count). The second kappa shape index (κ2) is 8.93. The zero-order valence-electron chi connectivity index (χ0n) is 18.7. The summed E-state index contributed by atoms with van der Waals surface area (Å²) in [6.07, 6.45) is -0.468. The molecule has 0 saturated carbocycles. The number of amides is 2. The number of rotatable bonds is 3. The molecular formula is C22H35N3O4. The van der Waals surface area contributed by atoms with Crippen molar-refractivity contribution in [2.75, 3.05) is 25.9 Å². The Kier molecular flexibility index (Phi) is 7.03. The van der Waals surface area contributed by atoms with Crippen molar-refractivity contribution < 1.29 is 19.1 Å². The van der Waals surface area contributed by atoms with Gasteiger partial charge in [0.05, 0.1) is 13.0 Å². The summed E-state index contributed by atoms with van der Waals surface area (Å²) in [6.45, 7) is 12.5. The van der Waals surface area contributed by atoms with Crippen LogP contribution in [0.15, 0.2) is 18.2 Å². The molecule has 7 heteroatoms. The van der Waals surface area contributed by atoms with E-state index in [2.05, 4.69) is 0 Å². The molecule has 2 N–H and O–H groups in total. The lowest BCUT2D eigenvalue weighted by Crippen LogP contribution is -2.47. The molecule has 0 bridgehead atoms. The number of carbonyl (C=O) groups excluding carboxylic acids is 2. The first-order valence-electron chi connectivity index (χ1n) is 10.2. The maximum Gasteiger partial charge on any atom is 0.410 e. The van der Waals surface area contributed by atoms with Crippen molar-refractivity contribution in [3.63, 3.8) is 0 Å². The van der Waals surface area contributed by atoms with E-state index < -0.39 is 11.7 Å². The molecule has 2 atom stereocenters. The van der Waals surface area contributed by atoms with E-state index in [0.29, 0.717) is 24.5 Å². The van der Waals surface area contributed by atoms with Crippen molar-refractivity contribution in [2.24, 2.45) is 5.92 Å². The zero-order valence-corrected chi connectivity index (χ0v) is 18.7. The first-order valence-corrected chi connectivity index (χ1v) is 10.2. The van der Waals surface area contributed by atoms with Crippen LogP contribution < -0.4 is 10.5 Å². The molecule has 0 fully saturated rings. The molecule has 7 nitrogen and oxygen atoms in total. The minimum atomic E-state index is -0.568. The van der Waals surface area contributed by atoms with Gasteiger partial charge in [0.2, 0.25) is 5.91 Å². The highest BCUT2D eigenvalue weighted by atomic mass is 16.6. The number of nitrogens with zero attached hydrogens (tertiary/aromatic N) is 2. The Hall–Kier alpha value is -2.44. The predicted molar refractivity (Wildman–Crippen MR) is 114 cm³/mol. The molecule has 1 aliphatic rings. The van der Waals surface area contributed by atoms with Gasteiger partial charge in [0.25, 0.3) is 0 Å². The standard InChI is InChI=1S/C22H35N3O4/c1-14(2)25-12-15(3)19(13-24(7)21(27)29-22(4,5)6)28-18-9-8-17(23)10-16(18)11-20(25)26/h8-10,14-15,19H,11-13,23H2,1-7H3/t15-,19+/m1/s1. The Morgan fingerprint density at radius 1 is 1.38 bits per heavy atom. The summed E-state index contributed by atoms with van der Waals surface area (Å²) in [7, 11) is 1.70. The largest absolute Gasteiger partial charge is 0.488 e. The molecule has 0 saturated heterocycles. The van der Waals surface area contributed by atoms with Crippen LogP contribution in [0, 0.1) is 5.92 Å². The highest BCUT2D eigenvalue weighted by molar-refractivity contribution is 5.80. The fourth-order valence-corrected chi connectivity index (χ4v) is 3.33. The molecule has 0 unspecified atom stereocenters. The summed E-state index contributed by atoms with van der Waals surface area (Å²) in [6, 6.07) is 5.42. The average molecular weight is 406 g/mol. The van der Waals surface area contributed by atoms with Gasteiger partial charge in [0.15, 0.2) is 0 Å². The SMILES string of the molecule is CC(C)N1C[C@@H](C)[C@H](CN(C)C(=O)OC(C)(C)C)Oc2ccc(N)cc2CC1=O. The van der Waals surface area contributed by atoms with Crippen LogP contribution in [0.2, 0.25) is 0 Å². The number of carbonyl (C=O) groups is 2. The zero-order chi connectivity index (χ0) is 21.9. The monoisotopic (exact) mass is 405 g/mol. The number of hydrogen-bond donors (Lipinski definition) is 1. The Bertz CT molecular complexity index is 742. The average Bonchev–Trinajstić information content (AvgIpc) is 2.62. The van der Waals surface area contributed by atoms with E-state index >= 15 is 0 Å². The predicted octanol–water partition coefficient (Wildman–Crippen LogP) is 3.31. The second-order valence-corrected chi connectivity index (χ2v) is 9.18. The molecule has 1 heterocycles. The molecule has 0 radical (unpaired) electrons. The van der Waals surface area contributed by atoms with Crippen molar-refractivity contribution in [3.8, 4) is 5.75 Å². The van der Waals surface area contributed by atoms with Gasteiger partial charge in [-0.15, -0.1) is 0 Å².